The van der Waals surface area contributed by atoms with E-state index in [1.54, 1.807) is 6.92 Å². The first-order chi connectivity index (χ1) is 7.41. The van der Waals surface area contributed by atoms with E-state index in [2.05, 4.69) is 0 Å². The monoisotopic (exact) mass is 464 g/mol. The Morgan fingerprint density at radius 1 is 0.667 bits per heavy atom. The van der Waals surface area contributed by atoms with Crippen molar-refractivity contribution in [2.45, 2.75) is 6.92 Å². The summed E-state index contributed by atoms with van der Waals surface area (Å²) in [4.78, 5) is 0. The average Bonchev–Trinajstić information content (AvgIpc) is 1.71. The van der Waals surface area contributed by atoms with Crippen LogP contribution in [0.5, 0.6) is 0 Å². The Labute approximate surface area is 141 Å². The van der Waals surface area contributed by atoms with E-state index < -0.39 is 31.2 Å². The molecule has 0 fully saturated rings. The van der Waals surface area contributed by atoms with Gasteiger partial charge in [-0.05, 0) is 6.92 Å². The molecule has 0 saturated carbocycles. The predicted octanol–water partition coefficient (Wildman–Crippen LogP) is -4.85. The maximum atomic E-state index is 8.52. The SMILES string of the molecule is CCO.O.O=S(=O)([O-])[O-].O=S(=O)([O-])[O-].O=S(=O)([O-])[O-].[Fe+3].[Fe+3]. The molecule has 0 spiro atoms. The van der Waals surface area contributed by atoms with Gasteiger partial charge in [-0.15, -0.1) is 0 Å². The summed E-state index contributed by atoms with van der Waals surface area (Å²) in [7, 11) is -15.5. The zero-order valence-corrected chi connectivity index (χ0v) is 14.1. The first kappa shape index (κ1) is 43.0. The van der Waals surface area contributed by atoms with Gasteiger partial charge in [-0.3, -0.25) is 25.3 Å². The fraction of sp³-hybridized carbons (Fsp3) is 1.00. The summed E-state index contributed by atoms with van der Waals surface area (Å²) in [6, 6.07) is 0. The standard InChI is InChI=1S/C2H6O.2Fe.3H2O4S.H2O/c1-2-3;;;3*1-5(2,3)4;/h3H,2H2,1H3;;;3*(H2,1,2,3,4);1H2/q;2*+3;;;;/p-6. The molecule has 0 aliphatic rings. The zero-order valence-electron chi connectivity index (χ0n) is 9.49. The van der Waals surface area contributed by atoms with Gasteiger partial charge in [0.2, 0.25) is 0 Å². The largest absolute Gasteiger partial charge is 3.00 e. The molecule has 0 aliphatic heterocycles. The molecule has 3 N–H and O–H groups in total. The van der Waals surface area contributed by atoms with Crippen molar-refractivity contribution < 1.29 is 97.3 Å². The number of aliphatic hydroxyl groups excluding tert-OH is 1. The quantitative estimate of drug-likeness (QED) is 0.200. The molecule has 134 valence electrons. The molecule has 19 heteroatoms. The van der Waals surface area contributed by atoms with Crippen LogP contribution in [-0.4, -0.2) is 69.8 Å². The molecule has 0 unspecified atom stereocenters. The topological polar surface area (TPSA) is 293 Å². The molecule has 2 radical (unpaired) electrons. The van der Waals surface area contributed by atoms with Crippen LogP contribution in [0.4, 0.5) is 0 Å². The van der Waals surface area contributed by atoms with Crippen molar-refractivity contribution in [1.82, 2.24) is 0 Å². The van der Waals surface area contributed by atoms with Crippen LogP contribution >= 0.6 is 0 Å². The van der Waals surface area contributed by atoms with Crippen molar-refractivity contribution >= 4 is 31.2 Å². The molecule has 0 aromatic rings. The summed E-state index contributed by atoms with van der Waals surface area (Å²) in [5.41, 5.74) is 0. The van der Waals surface area contributed by atoms with Gasteiger partial charge in [-0.1, -0.05) is 0 Å². The van der Waals surface area contributed by atoms with Gasteiger partial charge in [0, 0.05) is 37.8 Å². The second kappa shape index (κ2) is 20.6. The third-order valence-electron chi connectivity index (χ3n) is 0. The molecular formula is C2H8Fe2O14S3. The molecule has 0 atom stereocenters. The van der Waals surface area contributed by atoms with Gasteiger partial charge in [0.1, 0.15) is 0 Å². The van der Waals surface area contributed by atoms with Gasteiger partial charge < -0.3 is 37.9 Å². The van der Waals surface area contributed by atoms with Crippen molar-refractivity contribution in [2.75, 3.05) is 6.61 Å². The molecule has 14 nitrogen and oxygen atoms in total. The van der Waals surface area contributed by atoms with Crippen LogP contribution in [-0.2, 0) is 65.3 Å². The zero-order chi connectivity index (χ0) is 16.2. The van der Waals surface area contributed by atoms with E-state index >= 15 is 0 Å². The number of hydrogen-bond donors (Lipinski definition) is 1. The summed E-state index contributed by atoms with van der Waals surface area (Å²) < 4.78 is 102. The first-order valence-corrected chi connectivity index (χ1v) is 7.02. The minimum absolute atomic E-state index is 0. The summed E-state index contributed by atoms with van der Waals surface area (Å²) in [6.07, 6.45) is 0. The second-order valence-corrected chi connectivity index (χ2v) is 3.99. The second-order valence-electron chi connectivity index (χ2n) is 1.54. The molecule has 0 amide bonds. The number of rotatable bonds is 0. The number of hydrogen-bond acceptors (Lipinski definition) is 13. The Kier molecular flexibility index (Phi) is 42.1. The summed E-state index contributed by atoms with van der Waals surface area (Å²) in [5.74, 6) is 0. The van der Waals surface area contributed by atoms with E-state index in [1.807, 2.05) is 0 Å². The Hall–Kier alpha value is 0.569. The molecular weight excluding hydrogens is 456 g/mol. The molecule has 0 rings (SSSR count). The van der Waals surface area contributed by atoms with Crippen LogP contribution in [0.15, 0.2) is 0 Å². The van der Waals surface area contributed by atoms with Crippen molar-refractivity contribution in [3.8, 4) is 0 Å². The molecule has 0 bridgehead atoms. The first-order valence-electron chi connectivity index (χ1n) is 3.02. The maximum Gasteiger partial charge on any atom is 3.00 e. The molecule has 0 aromatic carbocycles. The number of aliphatic hydroxyl groups is 1. The molecule has 0 heterocycles. The average molecular weight is 464 g/mol. The van der Waals surface area contributed by atoms with Crippen molar-refractivity contribution in [3.63, 3.8) is 0 Å². The fourth-order valence-corrected chi connectivity index (χ4v) is 0. The van der Waals surface area contributed by atoms with E-state index in [0.717, 1.165) is 0 Å². The normalized spacial score (nSPS) is 9.14. The van der Waals surface area contributed by atoms with Crippen LogP contribution in [0.3, 0.4) is 0 Å². The van der Waals surface area contributed by atoms with Crippen LogP contribution in [0.1, 0.15) is 6.92 Å². The Morgan fingerprint density at radius 2 is 0.667 bits per heavy atom. The molecule has 21 heavy (non-hydrogen) atoms. The van der Waals surface area contributed by atoms with Gasteiger partial charge in [-0.2, -0.15) is 0 Å². The van der Waals surface area contributed by atoms with E-state index in [9.17, 15) is 0 Å². The van der Waals surface area contributed by atoms with E-state index in [1.165, 1.54) is 0 Å². The third kappa shape index (κ3) is 21900. The van der Waals surface area contributed by atoms with E-state index in [0.29, 0.717) is 0 Å². The van der Waals surface area contributed by atoms with Crippen molar-refractivity contribution in [2.24, 2.45) is 0 Å². The summed E-state index contributed by atoms with van der Waals surface area (Å²) in [6.45, 7) is 1.93. The third-order valence-corrected chi connectivity index (χ3v) is 0. The minimum Gasteiger partial charge on any atom is -0.759 e. The van der Waals surface area contributed by atoms with Gasteiger partial charge in [-0.25, -0.2) is 0 Å². The Balaban J connectivity index is -0.0000000241. The molecule has 0 aromatic heterocycles. The van der Waals surface area contributed by atoms with Gasteiger partial charge in [0.25, 0.3) is 0 Å². The smallest absolute Gasteiger partial charge is 0.759 e. The summed E-state index contributed by atoms with van der Waals surface area (Å²) >= 11 is 0. The van der Waals surface area contributed by atoms with Gasteiger partial charge in [0.05, 0.1) is 0 Å². The molecule has 0 saturated heterocycles. The predicted molar refractivity (Wildman–Crippen MR) is 47.8 cm³/mol. The van der Waals surface area contributed by atoms with Gasteiger partial charge >= 0.3 is 34.1 Å². The van der Waals surface area contributed by atoms with Crippen LogP contribution < -0.4 is 0 Å². The van der Waals surface area contributed by atoms with Crippen LogP contribution in [0.25, 0.3) is 0 Å². The van der Waals surface area contributed by atoms with Crippen molar-refractivity contribution in [3.05, 3.63) is 0 Å². The van der Waals surface area contributed by atoms with E-state index in [-0.39, 0.29) is 46.2 Å². The van der Waals surface area contributed by atoms with Crippen LogP contribution in [0.2, 0.25) is 0 Å². The maximum absolute atomic E-state index is 8.52. The van der Waals surface area contributed by atoms with Crippen LogP contribution in [0, 0.1) is 0 Å². The van der Waals surface area contributed by atoms with Gasteiger partial charge in [0.15, 0.2) is 0 Å². The Bertz CT molecular complexity index is 365. The fourth-order valence-electron chi connectivity index (χ4n) is 0. The van der Waals surface area contributed by atoms with Crippen molar-refractivity contribution in [1.29, 1.82) is 0 Å². The Morgan fingerprint density at radius 3 is 0.667 bits per heavy atom. The molecule has 0 aliphatic carbocycles. The minimum atomic E-state index is -5.17. The van der Waals surface area contributed by atoms with E-state index in [4.69, 9.17) is 57.7 Å². The summed E-state index contributed by atoms with van der Waals surface area (Å²) in [5, 5.41) is 7.57.